The Balaban J connectivity index is 1.80. The van der Waals surface area contributed by atoms with E-state index in [0.717, 1.165) is 42.7 Å². The van der Waals surface area contributed by atoms with Crippen molar-refractivity contribution < 1.29 is 23.5 Å². The predicted molar refractivity (Wildman–Crippen MR) is 86.4 cm³/mol. The van der Waals surface area contributed by atoms with Crippen molar-refractivity contribution >= 4 is 5.97 Å². The van der Waals surface area contributed by atoms with Crippen molar-refractivity contribution in [3.63, 3.8) is 0 Å². The topological polar surface area (TPSA) is 70.8 Å². The Morgan fingerprint density at radius 1 is 1.38 bits per heavy atom. The average Bonchev–Trinajstić information content (AvgIpc) is 3.01. The maximum Gasteiger partial charge on any atom is 0.337 e. The highest BCUT2D eigenvalue weighted by molar-refractivity contribution is 5.90. The van der Waals surface area contributed by atoms with Crippen LogP contribution in [0, 0.1) is 6.92 Å². The Labute approximate surface area is 140 Å². The average molecular weight is 331 g/mol. The first-order valence-corrected chi connectivity index (χ1v) is 8.06. The van der Waals surface area contributed by atoms with Gasteiger partial charge in [0, 0.05) is 17.7 Å². The molecule has 24 heavy (non-hydrogen) atoms. The van der Waals surface area contributed by atoms with Crippen LogP contribution in [0.3, 0.4) is 0 Å². The molecule has 1 aliphatic rings. The van der Waals surface area contributed by atoms with Crippen LogP contribution in [0.1, 0.15) is 40.9 Å². The maximum atomic E-state index is 11.7. The van der Waals surface area contributed by atoms with Gasteiger partial charge in [0.2, 0.25) is 0 Å². The zero-order chi connectivity index (χ0) is 16.9. The third-order valence-corrected chi connectivity index (χ3v) is 4.08. The lowest BCUT2D eigenvalue weighted by molar-refractivity contribution is -0.168. The van der Waals surface area contributed by atoms with Crippen LogP contribution in [0.2, 0.25) is 0 Å². The first-order valence-electron chi connectivity index (χ1n) is 8.06. The Hall–Kier alpha value is -2.18. The zero-order valence-electron chi connectivity index (χ0n) is 13.9. The fraction of sp³-hybridized carbons (Fsp3) is 0.444. The number of ether oxygens (including phenoxy) is 3. The quantitative estimate of drug-likeness (QED) is 0.781. The summed E-state index contributed by atoms with van der Waals surface area (Å²) in [5, 5.41) is 4.04. The second kappa shape index (κ2) is 7.59. The van der Waals surface area contributed by atoms with E-state index in [1.54, 1.807) is 18.2 Å². The lowest BCUT2D eigenvalue weighted by atomic mass is 10.0. The fourth-order valence-electron chi connectivity index (χ4n) is 2.71. The minimum absolute atomic E-state index is 0.178. The number of carbonyl (C=O) groups is 1. The van der Waals surface area contributed by atoms with E-state index in [0.29, 0.717) is 17.9 Å². The van der Waals surface area contributed by atoms with Crippen LogP contribution in [0.25, 0.3) is 11.3 Å². The van der Waals surface area contributed by atoms with Crippen molar-refractivity contribution in [2.24, 2.45) is 0 Å². The van der Waals surface area contributed by atoms with Crippen LogP contribution in [-0.2, 0) is 20.8 Å². The molecule has 1 saturated heterocycles. The standard InChI is InChI=1S/C18H21NO5/c1-12-15(11-23-16-8-3-4-9-22-16)17(24-19-12)13-6-5-7-14(10-13)18(20)21-2/h5-7,10,16H,3-4,8-9,11H2,1-2H3. The zero-order valence-corrected chi connectivity index (χ0v) is 13.9. The van der Waals surface area contributed by atoms with Crippen LogP contribution in [0.5, 0.6) is 0 Å². The van der Waals surface area contributed by atoms with Crippen LogP contribution in [0.15, 0.2) is 28.8 Å². The molecule has 0 aliphatic carbocycles. The number of carbonyl (C=O) groups excluding carboxylic acids is 1. The summed E-state index contributed by atoms with van der Waals surface area (Å²) in [6.45, 7) is 2.97. The SMILES string of the molecule is COC(=O)c1cccc(-c2onc(C)c2COC2CCCCO2)c1. The van der Waals surface area contributed by atoms with Gasteiger partial charge in [-0.25, -0.2) is 4.79 Å². The van der Waals surface area contributed by atoms with E-state index in [4.69, 9.17) is 18.7 Å². The Morgan fingerprint density at radius 2 is 2.25 bits per heavy atom. The summed E-state index contributed by atoms with van der Waals surface area (Å²) in [6.07, 6.45) is 2.92. The van der Waals surface area contributed by atoms with E-state index in [-0.39, 0.29) is 12.3 Å². The van der Waals surface area contributed by atoms with Gasteiger partial charge in [0.15, 0.2) is 12.1 Å². The number of aromatic nitrogens is 1. The molecular weight excluding hydrogens is 310 g/mol. The molecule has 2 aromatic rings. The van der Waals surface area contributed by atoms with Crippen molar-refractivity contribution in [1.82, 2.24) is 5.16 Å². The van der Waals surface area contributed by atoms with Gasteiger partial charge >= 0.3 is 5.97 Å². The van der Waals surface area contributed by atoms with Crippen molar-refractivity contribution in [3.05, 3.63) is 41.1 Å². The van der Waals surface area contributed by atoms with E-state index in [9.17, 15) is 4.79 Å². The summed E-state index contributed by atoms with van der Waals surface area (Å²) in [5.41, 5.74) is 2.86. The molecule has 6 nitrogen and oxygen atoms in total. The van der Waals surface area contributed by atoms with E-state index < -0.39 is 0 Å². The van der Waals surface area contributed by atoms with E-state index in [1.165, 1.54) is 7.11 Å². The number of benzene rings is 1. The molecule has 0 bridgehead atoms. The highest BCUT2D eigenvalue weighted by atomic mass is 16.7. The van der Waals surface area contributed by atoms with Gasteiger partial charge in [0.1, 0.15) is 0 Å². The first kappa shape index (κ1) is 16.7. The van der Waals surface area contributed by atoms with Gasteiger partial charge in [0.25, 0.3) is 0 Å². The summed E-state index contributed by atoms with van der Waals surface area (Å²) in [4.78, 5) is 11.7. The summed E-state index contributed by atoms with van der Waals surface area (Å²) in [5.74, 6) is 0.218. The molecule has 1 aliphatic heterocycles. The first-order chi connectivity index (χ1) is 11.7. The van der Waals surface area contributed by atoms with Crippen molar-refractivity contribution in [2.45, 2.75) is 39.1 Å². The highest BCUT2D eigenvalue weighted by Gasteiger charge is 2.20. The molecule has 0 amide bonds. The van der Waals surface area contributed by atoms with Crippen molar-refractivity contribution in [1.29, 1.82) is 0 Å². The van der Waals surface area contributed by atoms with Gasteiger partial charge in [-0.05, 0) is 38.3 Å². The monoisotopic (exact) mass is 331 g/mol. The molecule has 1 atom stereocenters. The third kappa shape index (κ3) is 3.66. The number of aryl methyl sites for hydroxylation is 1. The molecule has 1 unspecified atom stereocenters. The summed E-state index contributed by atoms with van der Waals surface area (Å²) in [6, 6.07) is 7.08. The molecule has 3 rings (SSSR count). The van der Waals surface area contributed by atoms with Gasteiger partial charge in [-0.15, -0.1) is 0 Å². The molecule has 2 heterocycles. The van der Waals surface area contributed by atoms with Crippen LogP contribution in [-0.4, -0.2) is 31.1 Å². The van der Waals surface area contributed by atoms with Gasteiger partial charge in [0.05, 0.1) is 25.0 Å². The van der Waals surface area contributed by atoms with Crippen LogP contribution < -0.4 is 0 Å². The Morgan fingerprint density at radius 3 is 3.00 bits per heavy atom. The number of rotatable bonds is 5. The predicted octanol–water partition coefficient (Wildman–Crippen LogP) is 3.48. The van der Waals surface area contributed by atoms with Gasteiger partial charge in [-0.1, -0.05) is 17.3 Å². The molecule has 0 spiro atoms. The summed E-state index contributed by atoms with van der Waals surface area (Å²) in [7, 11) is 1.36. The van der Waals surface area contributed by atoms with Crippen LogP contribution in [0.4, 0.5) is 0 Å². The number of hydrogen-bond donors (Lipinski definition) is 0. The maximum absolute atomic E-state index is 11.7. The summed E-state index contributed by atoms with van der Waals surface area (Å²) >= 11 is 0. The largest absolute Gasteiger partial charge is 0.465 e. The third-order valence-electron chi connectivity index (χ3n) is 4.08. The second-order valence-corrected chi connectivity index (χ2v) is 5.76. The molecular formula is C18H21NO5. The van der Waals surface area contributed by atoms with E-state index in [2.05, 4.69) is 5.16 Å². The van der Waals surface area contributed by atoms with Gasteiger partial charge in [-0.2, -0.15) is 0 Å². The van der Waals surface area contributed by atoms with Crippen molar-refractivity contribution in [2.75, 3.05) is 13.7 Å². The normalized spacial score (nSPS) is 17.7. The van der Waals surface area contributed by atoms with Crippen molar-refractivity contribution in [3.8, 4) is 11.3 Å². The smallest absolute Gasteiger partial charge is 0.337 e. The minimum Gasteiger partial charge on any atom is -0.465 e. The molecule has 6 heteroatoms. The van der Waals surface area contributed by atoms with E-state index in [1.807, 2.05) is 13.0 Å². The Kier molecular flexibility index (Phi) is 5.27. The molecule has 128 valence electrons. The minimum atomic E-state index is -0.388. The molecule has 0 N–H and O–H groups in total. The number of esters is 1. The lowest BCUT2D eigenvalue weighted by Crippen LogP contribution is -2.22. The highest BCUT2D eigenvalue weighted by Crippen LogP contribution is 2.28. The molecule has 0 saturated carbocycles. The van der Waals surface area contributed by atoms with E-state index >= 15 is 0 Å². The second-order valence-electron chi connectivity index (χ2n) is 5.76. The number of nitrogens with zero attached hydrogens (tertiary/aromatic N) is 1. The van der Waals surface area contributed by atoms with Crippen LogP contribution >= 0.6 is 0 Å². The van der Waals surface area contributed by atoms with Gasteiger partial charge in [-0.3, -0.25) is 0 Å². The lowest BCUT2D eigenvalue weighted by Gasteiger charge is -2.22. The van der Waals surface area contributed by atoms with Gasteiger partial charge < -0.3 is 18.7 Å². The fourth-order valence-corrected chi connectivity index (χ4v) is 2.71. The molecule has 1 fully saturated rings. The summed E-state index contributed by atoms with van der Waals surface area (Å²) < 4.78 is 21.7. The Bertz CT molecular complexity index is 703. The molecule has 1 aromatic heterocycles. The molecule has 1 aromatic carbocycles. The molecule has 0 radical (unpaired) electrons. The number of hydrogen-bond acceptors (Lipinski definition) is 6. The number of methoxy groups -OCH3 is 1.